The Bertz CT molecular complexity index is 383. The largest absolute Gasteiger partial charge is 0.427 e. The van der Waals surface area contributed by atoms with Crippen molar-refractivity contribution in [2.75, 3.05) is 0 Å². The van der Waals surface area contributed by atoms with Crippen molar-refractivity contribution in [3.05, 3.63) is 30.3 Å². The van der Waals surface area contributed by atoms with E-state index in [0.717, 1.165) is 12.1 Å². The summed E-state index contributed by atoms with van der Waals surface area (Å²) in [6.07, 6.45) is 0. The molecule has 0 spiro atoms. The predicted octanol–water partition coefficient (Wildman–Crippen LogP) is 2.25. The molecule has 0 N–H and O–H groups in total. The zero-order chi connectivity index (χ0) is 10.1. The zero-order valence-electron chi connectivity index (χ0n) is 6.25. The third-order valence-electron chi connectivity index (χ3n) is 1.36. The maximum atomic E-state index is 12.4. The van der Waals surface area contributed by atoms with Crippen LogP contribution in [-0.4, -0.2) is 13.1 Å². The Morgan fingerprint density at radius 1 is 1.15 bits per heavy atom. The van der Waals surface area contributed by atoms with E-state index in [-0.39, 0.29) is 0 Å². The number of rotatable bonds is 2. The number of benzene rings is 1. The Morgan fingerprint density at radius 3 is 2.00 bits per heavy atom. The van der Waals surface area contributed by atoms with Crippen LogP contribution in [0.3, 0.4) is 0 Å². The van der Waals surface area contributed by atoms with Gasteiger partial charge >= 0.3 is 4.71 Å². The Kier molecular flexibility index (Phi) is 2.58. The lowest BCUT2D eigenvalue weighted by Gasteiger charge is -2.08. The first-order chi connectivity index (χ1) is 5.86. The first kappa shape index (κ1) is 10.4. The normalized spacial score (nSPS) is 12.8. The standard InChI is InChI=1S/C7H5ClF2O2S/c8-7(9,10)13(11,12)6-4-2-1-3-5-6/h1-5H. The Hall–Kier alpha value is -0.680. The molecule has 0 fully saturated rings. The molecule has 0 aliphatic carbocycles. The minimum Gasteiger partial charge on any atom is -0.216 e. The van der Waals surface area contributed by atoms with Crippen LogP contribution in [0, 0.1) is 0 Å². The van der Waals surface area contributed by atoms with Crippen molar-refractivity contribution in [1.29, 1.82) is 0 Å². The molecule has 72 valence electrons. The van der Waals surface area contributed by atoms with E-state index < -0.39 is 19.4 Å². The lowest BCUT2D eigenvalue weighted by molar-refractivity contribution is 0.187. The zero-order valence-corrected chi connectivity index (χ0v) is 7.82. The molecule has 0 bridgehead atoms. The van der Waals surface area contributed by atoms with Crippen LogP contribution < -0.4 is 0 Å². The van der Waals surface area contributed by atoms with Crippen molar-refractivity contribution in [2.45, 2.75) is 9.61 Å². The molecule has 0 unspecified atom stereocenters. The number of alkyl halides is 3. The van der Waals surface area contributed by atoms with Gasteiger partial charge in [-0.25, -0.2) is 8.42 Å². The highest BCUT2D eigenvalue weighted by Crippen LogP contribution is 2.32. The van der Waals surface area contributed by atoms with Gasteiger partial charge in [0, 0.05) is 0 Å². The van der Waals surface area contributed by atoms with E-state index in [1.54, 1.807) is 0 Å². The van der Waals surface area contributed by atoms with Gasteiger partial charge in [0.05, 0.1) is 4.90 Å². The van der Waals surface area contributed by atoms with E-state index >= 15 is 0 Å². The maximum Gasteiger partial charge on any atom is 0.427 e. The van der Waals surface area contributed by atoms with E-state index in [2.05, 4.69) is 11.6 Å². The minimum atomic E-state index is -4.74. The lowest BCUT2D eigenvalue weighted by atomic mass is 10.4. The second-order valence-corrected chi connectivity index (χ2v) is 4.95. The summed E-state index contributed by atoms with van der Waals surface area (Å²) < 4.78 is 42.4. The van der Waals surface area contributed by atoms with Gasteiger partial charge < -0.3 is 0 Å². The summed E-state index contributed by atoms with van der Waals surface area (Å²) in [6.45, 7) is 0. The van der Waals surface area contributed by atoms with Crippen LogP contribution >= 0.6 is 11.6 Å². The van der Waals surface area contributed by atoms with Gasteiger partial charge in [-0.05, 0) is 23.7 Å². The van der Waals surface area contributed by atoms with Gasteiger partial charge in [-0.3, -0.25) is 0 Å². The van der Waals surface area contributed by atoms with Crippen LogP contribution in [0.25, 0.3) is 0 Å². The van der Waals surface area contributed by atoms with Gasteiger partial charge in [0.2, 0.25) is 0 Å². The Labute approximate surface area is 79.1 Å². The second kappa shape index (κ2) is 3.23. The third kappa shape index (κ3) is 1.97. The van der Waals surface area contributed by atoms with Gasteiger partial charge in [-0.15, -0.1) is 0 Å². The highest BCUT2D eigenvalue weighted by Gasteiger charge is 2.43. The monoisotopic (exact) mass is 226 g/mol. The maximum absolute atomic E-state index is 12.4. The summed E-state index contributed by atoms with van der Waals surface area (Å²) in [4.78, 5) is -0.491. The van der Waals surface area contributed by atoms with Gasteiger partial charge in [-0.2, -0.15) is 8.78 Å². The van der Waals surface area contributed by atoms with Crippen LogP contribution in [0.1, 0.15) is 0 Å². The van der Waals surface area contributed by atoms with E-state index in [4.69, 9.17) is 0 Å². The molecule has 1 aromatic carbocycles. The molecule has 0 saturated carbocycles. The SMILES string of the molecule is O=S(=O)(c1ccccc1)C(F)(F)Cl. The molecule has 1 aromatic rings. The molecule has 0 heterocycles. The van der Waals surface area contributed by atoms with Crippen LogP contribution in [0.5, 0.6) is 0 Å². The lowest BCUT2D eigenvalue weighted by Crippen LogP contribution is -2.21. The highest BCUT2D eigenvalue weighted by molar-refractivity contribution is 7.93. The van der Waals surface area contributed by atoms with E-state index in [1.807, 2.05) is 0 Å². The predicted molar refractivity (Wildman–Crippen MR) is 44.4 cm³/mol. The average Bonchev–Trinajstić information content (AvgIpc) is 2.04. The minimum absolute atomic E-state index is 0.491. The van der Waals surface area contributed by atoms with E-state index in [1.165, 1.54) is 18.2 Å². The Balaban J connectivity index is 3.26. The molecule has 0 atom stereocenters. The fourth-order valence-electron chi connectivity index (χ4n) is 0.733. The van der Waals surface area contributed by atoms with Crippen LogP contribution in [0.4, 0.5) is 8.78 Å². The number of hydrogen-bond acceptors (Lipinski definition) is 2. The van der Waals surface area contributed by atoms with Crippen LogP contribution in [0.2, 0.25) is 0 Å². The first-order valence-corrected chi connectivity index (χ1v) is 5.08. The summed E-state index contributed by atoms with van der Waals surface area (Å²) in [5.41, 5.74) is 0. The van der Waals surface area contributed by atoms with Crippen molar-refractivity contribution in [2.24, 2.45) is 0 Å². The van der Waals surface area contributed by atoms with Gasteiger partial charge in [0.1, 0.15) is 0 Å². The molecule has 0 radical (unpaired) electrons. The molecular formula is C7H5ClF2O2S. The third-order valence-corrected chi connectivity index (χ3v) is 3.47. The van der Waals surface area contributed by atoms with Crippen molar-refractivity contribution < 1.29 is 17.2 Å². The first-order valence-electron chi connectivity index (χ1n) is 3.22. The summed E-state index contributed by atoms with van der Waals surface area (Å²) >= 11 is 4.44. The second-order valence-electron chi connectivity index (χ2n) is 2.26. The quantitative estimate of drug-likeness (QED) is 0.725. The summed E-state index contributed by atoms with van der Waals surface area (Å²) in [7, 11) is -4.74. The van der Waals surface area contributed by atoms with Gasteiger partial charge in [-0.1, -0.05) is 18.2 Å². The van der Waals surface area contributed by atoms with Crippen molar-refractivity contribution in [3.8, 4) is 0 Å². The molecule has 6 heteroatoms. The molecule has 0 saturated heterocycles. The topological polar surface area (TPSA) is 34.1 Å². The molecule has 0 aromatic heterocycles. The molecule has 0 amide bonds. The smallest absolute Gasteiger partial charge is 0.216 e. The molecule has 0 aliphatic heterocycles. The molecule has 2 nitrogen and oxygen atoms in total. The van der Waals surface area contributed by atoms with E-state index in [0.29, 0.717) is 0 Å². The summed E-state index contributed by atoms with van der Waals surface area (Å²) in [5.74, 6) is 0. The van der Waals surface area contributed by atoms with Crippen molar-refractivity contribution >= 4 is 21.4 Å². The number of hydrogen-bond donors (Lipinski definition) is 0. The van der Waals surface area contributed by atoms with Crippen LogP contribution in [0.15, 0.2) is 35.2 Å². The molecular weight excluding hydrogens is 222 g/mol. The molecule has 0 aliphatic rings. The summed E-state index contributed by atoms with van der Waals surface area (Å²) in [6, 6.07) is 6.33. The van der Waals surface area contributed by atoms with Crippen molar-refractivity contribution in [3.63, 3.8) is 0 Å². The Morgan fingerprint density at radius 2 is 1.62 bits per heavy atom. The van der Waals surface area contributed by atoms with Crippen LogP contribution in [-0.2, 0) is 9.84 Å². The highest BCUT2D eigenvalue weighted by atomic mass is 35.5. The number of halogens is 3. The van der Waals surface area contributed by atoms with E-state index in [9.17, 15) is 17.2 Å². The van der Waals surface area contributed by atoms with Gasteiger partial charge in [0.25, 0.3) is 9.84 Å². The number of sulfone groups is 1. The fraction of sp³-hybridized carbons (Fsp3) is 0.143. The summed E-state index contributed by atoms with van der Waals surface area (Å²) in [5, 5.41) is 0. The van der Waals surface area contributed by atoms with Gasteiger partial charge in [0.15, 0.2) is 0 Å². The van der Waals surface area contributed by atoms with Crippen molar-refractivity contribution in [1.82, 2.24) is 0 Å². The average molecular weight is 227 g/mol. The fourth-order valence-corrected chi connectivity index (χ4v) is 1.78. The molecule has 13 heavy (non-hydrogen) atoms. The molecule has 1 rings (SSSR count).